The molecule has 0 unspecified atom stereocenters. The van der Waals surface area contributed by atoms with E-state index < -0.39 is 0 Å². The van der Waals surface area contributed by atoms with Gasteiger partial charge in [0.2, 0.25) is 0 Å². The fourth-order valence-corrected chi connectivity index (χ4v) is 4.19. The molecule has 24 heavy (non-hydrogen) atoms. The second-order valence-corrected chi connectivity index (χ2v) is 7.97. The van der Waals surface area contributed by atoms with Crippen LogP contribution >= 0.6 is 0 Å². The summed E-state index contributed by atoms with van der Waals surface area (Å²) >= 11 is 0. The molecule has 0 fully saturated rings. The van der Waals surface area contributed by atoms with Crippen LogP contribution in [0, 0.1) is 15.5 Å². The molecule has 0 amide bonds. The number of benzene rings is 2. The minimum absolute atomic E-state index is 0.000369. The van der Waals surface area contributed by atoms with Crippen LogP contribution in [0.2, 0.25) is 0 Å². The van der Waals surface area contributed by atoms with Crippen LogP contribution in [-0.4, -0.2) is 4.92 Å². The molecule has 0 saturated heterocycles. The van der Waals surface area contributed by atoms with Gasteiger partial charge in [-0.1, -0.05) is 58.9 Å². The van der Waals surface area contributed by atoms with E-state index in [1.165, 1.54) is 22.3 Å². The Balaban J connectivity index is 2.29. The van der Waals surface area contributed by atoms with Gasteiger partial charge in [0.1, 0.15) is 0 Å². The predicted octanol–water partition coefficient (Wildman–Crippen LogP) is 5.73. The molecule has 1 aliphatic rings. The van der Waals surface area contributed by atoms with Gasteiger partial charge in [-0.15, -0.1) is 0 Å². The molecular weight excluding hydrogens is 298 g/mol. The molecule has 1 aliphatic carbocycles. The molecule has 2 aromatic rings. The Morgan fingerprint density at radius 3 is 2.08 bits per heavy atom. The van der Waals surface area contributed by atoms with Crippen LogP contribution in [0.15, 0.2) is 54.1 Å². The zero-order valence-electron chi connectivity index (χ0n) is 14.9. The number of nitro benzene ring substituents is 1. The predicted molar refractivity (Wildman–Crippen MR) is 98.0 cm³/mol. The Bertz CT molecular complexity index is 837. The van der Waals surface area contributed by atoms with Gasteiger partial charge in [0.25, 0.3) is 5.69 Å². The number of fused-ring (bicyclic) bond motifs is 1. The topological polar surface area (TPSA) is 43.1 Å². The number of nitro groups is 1. The molecule has 3 heteroatoms. The fraction of sp³-hybridized carbons (Fsp3) is 0.333. The standard InChI is InChI=1S/C21H23NO2/c1-20(2,3)19-18(14-10-12-15(13-11-14)22(23)24)16-8-6-7-9-17(16)21(19,4)5/h6-13H,1-5H3. The Kier molecular flexibility index (Phi) is 3.63. The maximum absolute atomic E-state index is 11.0. The first kappa shape index (κ1) is 16.4. The van der Waals surface area contributed by atoms with E-state index in [4.69, 9.17) is 0 Å². The largest absolute Gasteiger partial charge is 0.269 e. The molecule has 124 valence electrons. The third-order valence-corrected chi connectivity index (χ3v) is 4.86. The van der Waals surface area contributed by atoms with Crippen molar-refractivity contribution in [1.82, 2.24) is 0 Å². The molecule has 0 saturated carbocycles. The van der Waals surface area contributed by atoms with E-state index in [2.05, 4.69) is 58.9 Å². The highest BCUT2D eigenvalue weighted by Gasteiger charge is 2.42. The normalized spacial score (nSPS) is 16.2. The van der Waals surface area contributed by atoms with Gasteiger partial charge >= 0.3 is 0 Å². The molecule has 0 N–H and O–H groups in total. The molecule has 0 bridgehead atoms. The highest BCUT2D eigenvalue weighted by Crippen LogP contribution is 2.54. The van der Waals surface area contributed by atoms with E-state index in [0.717, 1.165) is 5.56 Å². The van der Waals surface area contributed by atoms with Gasteiger partial charge < -0.3 is 0 Å². The molecular formula is C21H23NO2. The Labute approximate surface area is 143 Å². The number of non-ortho nitro benzene ring substituents is 1. The molecule has 0 spiro atoms. The van der Waals surface area contributed by atoms with Gasteiger partial charge in [-0.25, -0.2) is 0 Å². The quantitative estimate of drug-likeness (QED) is 0.523. The van der Waals surface area contributed by atoms with Crippen molar-refractivity contribution in [1.29, 1.82) is 0 Å². The van der Waals surface area contributed by atoms with E-state index >= 15 is 0 Å². The van der Waals surface area contributed by atoms with Crippen molar-refractivity contribution >= 4 is 11.3 Å². The van der Waals surface area contributed by atoms with Crippen molar-refractivity contribution in [3.05, 3.63) is 80.9 Å². The van der Waals surface area contributed by atoms with Crippen LogP contribution in [-0.2, 0) is 5.41 Å². The van der Waals surface area contributed by atoms with Gasteiger partial charge in [0.05, 0.1) is 4.92 Å². The first-order valence-corrected chi connectivity index (χ1v) is 8.24. The van der Waals surface area contributed by atoms with Crippen LogP contribution in [0.1, 0.15) is 51.3 Å². The van der Waals surface area contributed by atoms with Crippen molar-refractivity contribution in [3.8, 4) is 0 Å². The number of nitrogens with zero attached hydrogens (tertiary/aromatic N) is 1. The number of hydrogen-bond acceptors (Lipinski definition) is 2. The second kappa shape index (κ2) is 5.30. The minimum Gasteiger partial charge on any atom is -0.258 e. The summed E-state index contributed by atoms with van der Waals surface area (Å²) in [6, 6.07) is 15.4. The van der Waals surface area contributed by atoms with Crippen molar-refractivity contribution in [3.63, 3.8) is 0 Å². The molecule has 3 rings (SSSR count). The fourth-order valence-electron chi connectivity index (χ4n) is 4.19. The summed E-state index contributed by atoms with van der Waals surface area (Å²) in [7, 11) is 0. The van der Waals surface area contributed by atoms with E-state index in [-0.39, 0.29) is 21.4 Å². The number of hydrogen-bond donors (Lipinski definition) is 0. The van der Waals surface area contributed by atoms with Crippen molar-refractivity contribution in [2.45, 2.75) is 40.0 Å². The van der Waals surface area contributed by atoms with E-state index in [1.54, 1.807) is 12.1 Å². The first-order chi connectivity index (χ1) is 11.1. The summed E-state index contributed by atoms with van der Waals surface area (Å²) in [4.78, 5) is 10.6. The highest BCUT2D eigenvalue weighted by molar-refractivity contribution is 5.90. The zero-order chi connectivity index (χ0) is 17.7. The van der Waals surface area contributed by atoms with Gasteiger partial charge in [-0.2, -0.15) is 0 Å². The third kappa shape index (κ3) is 2.44. The van der Waals surface area contributed by atoms with Gasteiger partial charge in [-0.3, -0.25) is 10.1 Å². The van der Waals surface area contributed by atoms with E-state index in [1.807, 2.05) is 12.1 Å². The average Bonchev–Trinajstić information content (AvgIpc) is 2.75. The molecule has 0 aliphatic heterocycles. The molecule has 3 nitrogen and oxygen atoms in total. The minimum atomic E-state index is -0.352. The average molecular weight is 321 g/mol. The lowest BCUT2D eigenvalue weighted by atomic mass is 9.69. The van der Waals surface area contributed by atoms with Crippen LogP contribution in [0.4, 0.5) is 5.69 Å². The van der Waals surface area contributed by atoms with Crippen LogP contribution in [0.5, 0.6) is 0 Å². The molecule has 2 aromatic carbocycles. The lowest BCUT2D eigenvalue weighted by molar-refractivity contribution is -0.384. The molecule has 0 atom stereocenters. The van der Waals surface area contributed by atoms with Gasteiger partial charge in [0.15, 0.2) is 0 Å². The monoisotopic (exact) mass is 321 g/mol. The molecule has 0 heterocycles. The molecule has 0 radical (unpaired) electrons. The maximum atomic E-state index is 11.0. The summed E-state index contributed by atoms with van der Waals surface area (Å²) in [5.41, 5.74) is 6.27. The maximum Gasteiger partial charge on any atom is 0.269 e. The lowest BCUT2D eigenvalue weighted by Gasteiger charge is -2.34. The summed E-state index contributed by atoms with van der Waals surface area (Å²) in [6.45, 7) is 11.2. The van der Waals surface area contributed by atoms with E-state index in [0.29, 0.717) is 0 Å². The number of allylic oxidation sites excluding steroid dienone is 1. The summed E-state index contributed by atoms with van der Waals surface area (Å²) < 4.78 is 0. The molecule has 0 aromatic heterocycles. The lowest BCUT2D eigenvalue weighted by Crippen LogP contribution is -2.26. The summed E-state index contributed by atoms with van der Waals surface area (Å²) in [5.74, 6) is 0. The first-order valence-electron chi connectivity index (χ1n) is 8.24. The van der Waals surface area contributed by atoms with Gasteiger partial charge in [-0.05, 0) is 45.4 Å². The van der Waals surface area contributed by atoms with E-state index in [9.17, 15) is 10.1 Å². The Hall–Kier alpha value is -2.42. The van der Waals surface area contributed by atoms with Crippen molar-refractivity contribution in [2.24, 2.45) is 5.41 Å². The van der Waals surface area contributed by atoms with Gasteiger partial charge in [0, 0.05) is 17.5 Å². The Morgan fingerprint density at radius 2 is 1.54 bits per heavy atom. The number of rotatable bonds is 2. The van der Waals surface area contributed by atoms with Crippen molar-refractivity contribution < 1.29 is 4.92 Å². The Morgan fingerprint density at radius 1 is 0.958 bits per heavy atom. The smallest absolute Gasteiger partial charge is 0.258 e. The third-order valence-electron chi connectivity index (χ3n) is 4.86. The van der Waals surface area contributed by atoms with Crippen LogP contribution in [0.25, 0.3) is 5.57 Å². The summed E-state index contributed by atoms with van der Waals surface area (Å²) in [5, 5.41) is 11.0. The van der Waals surface area contributed by atoms with Crippen LogP contribution in [0.3, 0.4) is 0 Å². The van der Waals surface area contributed by atoms with Crippen LogP contribution < -0.4 is 0 Å². The summed E-state index contributed by atoms with van der Waals surface area (Å²) in [6.07, 6.45) is 0. The SMILES string of the molecule is CC(C)(C)C1=C(c2ccc([N+](=O)[O-])cc2)c2ccccc2C1(C)C. The zero-order valence-corrected chi connectivity index (χ0v) is 14.9. The highest BCUT2D eigenvalue weighted by atomic mass is 16.6. The van der Waals surface area contributed by atoms with Crippen molar-refractivity contribution in [2.75, 3.05) is 0 Å². The second-order valence-electron chi connectivity index (χ2n) is 7.97.